The van der Waals surface area contributed by atoms with E-state index >= 15 is 0 Å². The highest BCUT2D eigenvalue weighted by Crippen LogP contribution is 2.18. The Labute approximate surface area is 126 Å². The largest absolute Gasteiger partial charge is 0.317 e. The second-order valence-electron chi connectivity index (χ2n) is 5.99. The summed E-state index contributed by atoms with van der Waals surface area (Å²) in [6.45, 7) is 11.5. The highest BCUT2D eigenvalue weighted by molar-refractivity contribution is 5.32. The quantitative estimate of drug-likeness (QED) is 0.607. The first kappa shape index (κ1) is 17.2. The van der Waals surface area contributed by atoms with Crippen molar-refractivity contribution >= 4 is 0 Å². The number of aryl methyl sites for hydroxylation is 3. The van der Waals surface area contributed by atoms with Crippen molar-refractivity contribution in [3.8, 4) is 0 Å². The minimum absolute atomic E-state index is 0.814. The van der Waals surface area contributed by atoms with Crippen LogP contribution in [0.15, 0.2) is 18.2 Å². The molecule has 1 N–H and O–H groups in total. The van der Waals surface area contributed by atoms with Gasteiger partial charge in [0.25, 0.3) is 0 Å². The summed E-state index contributed by atoms with van der Waals surface area (Å²) >= 11 is 0. The average Bonchev–Trinajstić information content (AvgIpc) is 2.49. The summed E-state index contributed by atoms with van der Waals surface area (Å²) in [5.41, 5.74) is 4.60. The van der Waals surface area contributed by atoms with Gasteiger partial charge in [-0.05, 0) is 74.2 Å². The van der Waals surface area contributed by atoms with Crippen LogP contribution in [0.3, 0.4) is 0 Å². The molecule has 1 nitrogen and oxygen atoms in total. The average molecular weight is 275 g/mol. The van der Waals surface area contributed by atoms with E-state index < -0.39 is 0 Å². The molecule has 0 saturated heterocycles. The topological polar surface area (TPSA) is 12.0 Å². The predicted octanol–water partition coefficient (Wildman–Crippen LogP) is 4.77. The van der Waals surface area contributed by atoms with Crippen molar-refractivity contribution < 1.29 is 0 Å². The molecule has 1 atom stereocenters. The van der Waals surface area contributed by atoms with E-state index in [9.17, 15) is 0 Å². The molecular formula is C19H33N. The normalized spacial score (nSPS) is 12.6. The van der Waals surface area contributed by atoms with Gasteiger partial charge in [0.2, 0.25) is 0 Å². The Hall–Kier alpha value is -0.820. The standard InChI is InChI=1S/C19H33N/c1-5-13-20-14-12-16(4)8-10-19-15-17(6-2)9-11-18(19)7-3/h9,11,15-16,20H,5-8,10,12-14H2,1-4H3. The number of hydrogen-bond donors (Lipinski definition) is 1. The van der Waals surface area contributed by atoms with Crippen LogP contribution in [0.4, 0.5) is 0 Å². The second-order valence-corrected chi connectivity index (χ2v) is 5.99. The minimum Gasteiger partial charge on any atom is -0.317 e. The van der Waals surface area contributed by atoms with Gasteiger partial charge in [0.1, 0.15) is 0 Å². The molecular weight excluding hydrogens is 242 g/mol. The molecule has 0 aliphatic heterocycles. The highest BCUT2D eigenvalue weighted by Gasteiger charge is 2.06. The maximum Gasteiger partial charge on any atom is -0.00464 e. The fourth-order valence-corrected chi connectivity index (χ4v) is 2.67. The van der Waals surface area contributed by atoms with Crippen LogP contribution >= 0.6 is 0 Å². The zero-order valence-electron chi connectivity index (χ0n) is 14.0. The van der Waals surface area contributed by atoms with Gasteiger partial charge in [-0.1, -0.05) is 45.9 Å². The van der Waals surface area contributed by atoms with Gasteiger partial charge in [-0.15, -0.1) is 0 Å². The summed E-state index contributed by atoms with van der Waals surface area (Å²) in [5, 5.41) is 3.50. The van der Waals surface area contributed by atoms with E-state index in [0.29, 0.717) is 0 Å². The fourth-order valence-electron chi connectivity index (χ4n) is 2.67. The highest BCUT2D eigenvalue weighted by atomic mass is 14.8. The Morgan fingerprint density at radius 2 is 1.75 bits per heavy atom. The van der Waals surface area contributed by atoms with Gasteiger partial charge in [0.05, 0.1) is 0 Å². The van der Waals surface area contributed by atoms with E-state index in [2.05, 4.69) is 51.2 Å². The lowest BCUT2D eigenvalue weighted by molar-refractivity contribution is 0.469. The van der Waals surface area contributed by atoms with Crippen LogP contribution in [0.2, 0.25) is 0 Å². The maximum absolute atomic E-state index is 3.50. The third-order valence-electron chi connectivity index (χ3n) is 4.21. The molecule has 0 radical (unpaired) electrons. The van der Waals surface area contributed by atoms with E-state index in [1.54, 1.807) is 11.1 Å². The van der Waals surface area contributed by atoms with Crippen LogP contribution < -0.4 is 5.32 Å². The molecule has 0 heterocycles. The van der Waals surface area contributed by atoms with Crippen LogP contribution in [0, 0.1) is 5.92 Å². The van der Waals surface area contributed by atoms with E-state index in [4.69, 9.17) is 0 Å². The molecule has 0 saturated carbocycles. The first-order chi connectivity index (χ1) is 9.71. The van der Waals surface area contributed by atoms with Gasteiger partial charge in [0, 0.05) is 0 Å². The lowest BCUT2D eigenvalue weighted by Crippen LogP contribution is -2.18. The Morgan fingerprint density at radius 3 is 2.40 bits per heavy atom. The Kier molecular flexibility index (Phi) is 8.60. The molecule has 1 aromatic rings. The summed E-state index contributed by atoms with van der Waals surface area (Å²) in [6.07, 6.45) is 7.39. The van der Waals surface area contributed by atoms with E-state index in [-0.39, 0.29) is 0 Å². The van der Waals surface area contributed by atoms with Crippen LogP contribution in [0.1, 0.15) is 63.6 Å². The summed E-state index contributed by atoms with van der Waals surface area (Å²) in [4.78, 5) is 0. The van der Waals surface area contributed by atoms with Gasteiger partial charge in [-0.25, -0.2) is 0 Å². The summed E-state index contributed by atoms with van der Waals surface area (Å²) in [6, 6.07) is 7.06. The summed E-state index contributed by atoms with van der Waals surface area (Å²) in [7, 11) is 0. The van der Waals surface area contributed by atoms with E-state index in [0.717, 1.165) is 25.3 Å². The summed E-state index contributed by atoms with van der Waals surface area (Å²) in [5.74, 6) is 0.814. The predicted molar refractivity (Wildman–Crippen MR) is 90.5 cm³/mol. The molecule has 114 valence electrons. The zero-order chi connectivity index (χ0) is 14.8. The molecule has 0 aliphatic carbocycles. The van der Waals surface area contributed by atoms with E-state index in [1.807, 2.05) is 0 Å². The molecule has 0 amide bonds. The van der Waals surface area contributed by atoms with Crippen LogP contribution in [0.5, 0.6) is 0 Å². The van der Waals surface area contributed by atoms with Crippen molar-refractivity contribution in [2.45, 2.75) is 66.2 Å². The van der Waals surface area contributed by atoms with Crippen molar-refractivity contribution in [1.82, 2.24) is 5.32 Å². The van der Waals surface area contributed by atoms with Crippen molar-refractivity contribution in [1.29, 1.82) is 0 Å². The lowest BCUT2D eigenvalue weighted by Gasteiger charge is -2.14. The minimum atomic E-state index is 0.814. The molecule has 1 heteroatoms. The summed E-state index contributed by atoms with van der Waals surface area (Å²) < 4.78 is 0. The molecule has 0 aliphatic rings. The van der Waals surface area contributed by atoms with Gasteiger partial charge < -0.3 is 5.32 Å². The van der Waals surface area contributed by atoms with Crippen molar-refractivity contribution in [2.24, 2.45) is 5.92 Å². The Bertz CT molecular complexity index is 370. The Balaban J connectivity index is 2.43. The Morgan fingerprint density at radius 1 is 0.950 bits per heavy atom. The molecule has 0 bridgehead atoms. The van der Waals surface area contributed by atoms with Crippen molar-refractivity contribution in [3.05, 3.63) is 34.9 Å². The van der Waals surface area contributed by atoms with Crippen molar-refractivity contribution in [2.75, 3.05) is 13.1 Å². The van der Waals surface area contributed by atoms with Crippen LogP contribution in [-0.4, -0.2) is 13.1 Å². The lowest BCUT2D eigenvalue weighted by atomic mass is 9.93. The van der Waals surface area contributed by atoms with Crippen molar-refractivity contribution in [3.63, 3.8) is 0 Å². The fraction of sp³-hybridized carbons (Fsp3) is 0.684. The molecule has 1 unspecified atom stereocenters. The molecule has 20 heavy (non-hydrogen) atoms. The molecule has 0 fully saturated rings. The molecule has 1 rings (SSSR count). The SMILES string of the molecule is CCCNCCC(C)CCc1cc(CC)ccc1CC. The number of benzene rings is 1. The molecule has 1 aromatic carbocycles. The van der Waals surface area contributed by atoms with Gasteiger partial charge in [-0.2, -0.15) is 0 Å². The zero-order valence-corrected chi connectivity index (χ0v) is 14.0. The van der Waals surface area contributed by atoms with Crippen LogP contribution in [-0.2, 0) is 19.3 Å². The van der Waals surface area contributed by atoms with E-state index in [1.165, 1.54) is 37.8 Å². The number of rotatable bonds is 10. The smallest absolute Gasteiger partial charge is 0.00464 e. The first-order valence-corrected chi connectivity index (χ1v) is 8.52. The van der Waals surface area contributed by atoms with Gasteiger partial charge in [0.15, 0.2) is 0 Å². The third-order valence-corrected chi connectivity index (χ3v) is 4.21. The number of hydrogen-bond acceptors (Lipinski definition) is 1. The maximum atomic E-state index is 3.50. The molecule has 0 spiro atoms. The van der Waals surface area contributed by atoms with Gasteiger partial charge >= 0.3 is 0 Å². The first-order valence-electron chi connectivity index (χ1n) is 8.52. The molecule has 0 aromatic heterocycles. The van der Waals surface area contributed by atoms with Crippen LogP contribution in [0.25, 0.3) is 0 Å². The monoisotopic (exact) mass is 275 g/mol. The van der Waals surface area contributed by atoms with Gasteiger partial charge in [-0.3, -0.25) is 0 Å². The second kappa shape index (κ2) is 9.99. The number of nitrogens with one attached hydrogen (secondary N) is 1. The third kappa shape index (κ3) is 6.09.